The maximum absolute atomic E-state index is 11.8. The lowest BCUT2D eigenvalue weighted by molar-refractivity contribution is 0.0251. The first kappa shape index (κ1) is 18.1. The fraction of sp³-hybridized carbons (Fsp3) is 0.438. The standard InChI is InChI=1S/C16H19Cl2N5O2/c1-2-3-11-13(18)15(16(19)24)23(22-11)9-6-10(17)14(21-7-9)12-8-20-4-5-25-12/h6-7,12,20H,2-5,8H2,1H3,(H2,19,24). The van der Waals surface area contributed by atoms with E-state index < -0.39 is 5.91 Å². The average molecular weight is 384 g/mol. The predicted molar refractivity (Wildman–Crippen MR) is 95.5 cm³/mol. The molecule has 0 bridgehead atoms. The molecule has 1 fully saturated rings. The molecule has 1 unspecified atom stereocenters. The summed E-state index contributed by atoms with van der Waals surface area (Å²) in [6, 6.07) is 1.69. The highest BCUT2D eigenvalue weighted by atomic mass is 35.5. The molecule has 3 rings (SSSR count). The summed E-state index contributed by atoms with van der Waals surface area (Å²) >= 11 is 12.7. The molecule has 2 aromatic heterocycles. The second-order valence-corrected chi connectivity index (χ2v) is 6.54. The molecular formula is C16H19Cl2N5O2. The molecular weight excluding hydrogens is 365 g/mol. The number of hydrogen-bond donors (Lipinski definition) is 2. The lowest BCUT2D eigenvalue weighted by Gasteiger charge is -2.24. The van der Waals surface area contributed by atoms with Crippen LogP contribution in [-0.2, 0) is 11.2 Å². The minimum Gasteiger partial charge on any atom is -0.369 e. The van der Waals surface area contributed by atoms with Gasteiger partial charge in [0.25, 0.3) is 5.91 Å². The van der Waals surface area contributed by atoms with Gasteiger partial charge in [0.1, 0.15) is 6.10 Å². The molecule has 1 aliphatic heterocycles. The first-order chi connectivity index (χ1) is 12.0. The molecule has 3 heterocycles. The number of pyridine rings is 1. The molecule has 3 N–H and O–H groups in total. The fourth-order valence-corrected chi connectivity index (χ4v) is 3.36. The summed E-state index contributed by atoms with van der Waals surface area (Å²) < 4.78 is 7.08. The zero-order chi connectivity index (χ0) is 18.0. The van der Waals surface area contributed by atoms with Crippen molar-refractivity contribution in [2.24, 2.45) is 5.73 Å². The van der Waals surface area contributed by atoms with Gasteiger partial charge in [0.2, 0.25) is 0 Å². The van der Waals surface area contributed by atoms with Crippen LogP contribution in [0.1, 0.15) is 41.3 Å². The number of halogens is 2. The summed E-state index contributed by atoms with van der Waals surface area (Å²) in [5.74, 6) is -0.653. The van der Waals surface area contributed by atoms with Crippen LogP contribution in [0.2, 0.25) is 10.0 Å². The van der Waals surface area contributed by atoms with Crippen LogP contribution in [0.15, 0.2) is 12.3 Å². The van der Waals surface area contributed by atoms with E-state index in [4.69, 9.17) is 33.7 Å². The molecule has 7 nitrogen and oxygen atoms in total. The Labute approximate surface area is 155 Å². The Morgan fingerprint density at radius 3 is 2.92 bits per heavy atom. The van der Waals surface area contributed by atoms with Crippen molar-refractivity contribution in [3.63, 3.8) is 0 Å². The van der Waals surface area contributed by atoms with Gasteiger partial charge in [-0.3, -0.25) is 9.78 Å². The number of carbonyl (C=O) groups excluding carboxylic acids is 1. The third-order valence-corrected chi connectivity index (χ3v) is 4.65. The highest BCUT2D eigenvalue weighted by Gasteiger charge is 2.24. The number of carbonyl (C=O) groups is 1. The number of primary amides is 1. The van der Waals surface area contributed by atoms with Gasteiger partial charge in [-0.15, -0.1) is 0 Å². The smallest absolute Gasteiger partial charge is 0.269 e. The third-order valence-electron chi connectivity index (χ3n) is 3.95. The van der Waals surface area contributed by atoms with Gasteiger partial charge in [0, 0.05) is 13.1 Å². The summed E-state index contributed by atoms with van der Waals surface area (Å²) in [7, 11) is 0. The van der Waals surface area contributed by atoms with Gasteiger partial charge >= 0.3 is 0 Å². The molecule has 0 spiro atoms. The molecule has 25 heavy (non-hydrogen) atoms. The van der Waals surface area contributed by atoms with Gasteiger partial charge in [-0.25, -0.2) is 4.68 Å². The predicted octanol–water partition coefficient (Wildman–Crippen LogP) is 2.29. The third kappa shape index (κ3) is 3.64. The van der Waals surface area contributed by atoms with E-state index in [0.717, 1.165) is 13.0 Å². The Bertz CT molecular complexity index is 787. The number of aryl methyl sites for hydroxylation is 1. The zero-order valence-electron chi connectivity index (χ0n) is 13.8. The summed E-state index contributed by atoms with van der Waals surface area (Å²) in [6.07, 6.45) is 2.87. The minimum atomic E-state index is -0.653. The molecule has 1 atom stereocenters. The first-order valence-corrected chi connectivity index (χ1v) is 8.83. The van der Waals surface area contributed by atoms with Gasteiger partial charge in [-0.2, -0.15) is 5.10 Å². The highest BCUT2D eigenvalue weighted by molar-refractivity contribution is 6.34. The van der Waals surface area contributed by atoms with E-state index >= 15 is 0 Å². The number of nitrogens with two attached hydrogens (primary N) is 1. The number of amides is 1. The molecule has 0 saturated carbocycles. The second kappa shape index (κ2) is 7.70. The zero-order valence-corrected chi connectivity index (χ0v) is 15.3. The van der Waals surface area contributed by atoms with Crippen LogP contribution < -0.4 is 11.1 Å². The molecule has 1 saturated heterocycles. The van der Waals surface area contributed by atoms with Gasteiger partial charge in [-0.1, -0.05) is 36.5 Å². The number of hydrogen-bond acceptors (Lipinski definition) is 5. The normalized spacial score (nSPS) is 17.6. The molecule has 9 heteroatoms. The van der Waals surface area contributed by atoms with E-state index in [0.29, 0.717) is 41.7 Å². The summed E-state index contributed by atoms with van der Waals surface area (Å²) in [5.41, 5.74) is 7.40. The second-order valence-electron chi connectivity index (χ2n) is 5.76. The number of morpholine rings is 1. The largest absolute Gasteiger partial charge is 0.369 e. The van der Waals surface area contributed by atoms with Crippen molar-refractivity contribution in [2.45, 2.75) is 25.9 Å². The van der Waals surface area contributed by atoms with Crippen molar-refractivity contribution in [3.8, 4) is 5.69 Å². The molecule has 0 radical (unpaired) electrons. The lowest BCUT2D eigenvalue weighted by Crippen LogP contribution is -2.34. The average Bonchev–Trinajstić information content (AvgIpc) is 2.93. The SMILES string of the molecule is CCCc1nn(-c2cnc(C3CNCCO3)c(Cl)c2)c(C(N)=O)c1Cl. The molecule has 0 aromatic carbocycles. The molecule has 134 valence electrons. The van der Waals surface area contributed by atoms with Crippen LogP contribution in [-0.4, -0.2) is 40.4 Å². The van der Waals surface area contributed by atoms with E-state index in [2.05, 4.69) is 15.4 Å². The Kier molecular flexibility index (Phi) is 5.58. The van der Waals surface area contributed by atoms with Crippen molar-refractivity contribution in [1.82, 2.24) is 20.1 Å². The van der Waals surface area contributed by atoms with Crippen LogP contribution >= 0.6 is 23.2 Å². The number of aromatic nitrogens is 3. The molecule has 0 aliphatic carbocycles. The van der Waals surface area contributed by atoms with Crippen molar-refractivity contribution in [3.05, 3.63) is 39.4 Å². The van der Waals surface area contributed by atoms with Crippen molar-refractivity contribution < 1.29 is 9.53 Å². The fourth-order valence-electron chi connectivity index (χ4n) is 2.77. The van der Waals surface area contributed by atoms with Crippen LogP contribution in [0, 0.1) is 0 Å². The van der Waals surface area contributed by atoms with Crippen molar-refractivity contribution in [2.75, 3.05) is 19.7 Å². The van der Waals surface area contributed by atoms with Gasteiger partial charge < -0.3 is 15.8 Å². The summed E-state index contributed by atoms with van der Waals surface area (Å²) in [6.45, 7) is 4.06. The monoisotopic (exact) mass is 383 g/mol. The van der Waals surface area contributed by atoms with Crippen molar-refractivity contribution >= 4 is 29.1 Å². The number of rotatable bonds is 5. The summed E-state index contributed by atoms with van der Waals surface area (Å²) in [4.78, 5) is 16.2. The topological polar surface area (TPSA) is 95.1 Å². The quantitative estimate of drug-likeness (QED) is 0.825. The maximum atomic E-state index is 11.8. The highest BCUT2D eigenvalue weighted by Crippen LogP contribution is 2.29. The molecule has 2 aromatic rings. The van der Waals surface area contributed by atoms with Crippen LogP contribution in [0.5, 0.6) is 0 Å². The Hall–Kier alpha value is -1.67. The minimum absolute atomic E-state index is 0.131. The van der Waals surface area contributed by atoms with Gasteiger partial charge in [0.15, 0.2) is 5.69 Å². The van der Waals surface area contributed by atoms with Crippen LogP contribution in [0.25, 0.3) is 5.69 Å². The van der Waals surface area contributed by atoms with E-state index in [9.17, 15) is 4.79 Å². The Morgan fingerprint density at radius 2 is 2.32 bits per heavy atom. The number of nitrogens with one attached hydrogen (secondary N) is 1. The Balaban J connectivity index is 2.00. The van der Waals surface area contributed by atoms with E-state index in [1.54, 1.807) is 12.3 Å². The molecule has 1 aliphatic rings. The van der Waals surface area contributed by atoms with Gasteiger partial charge in [-0.05, 0) is 12.5 Å². The van der Waals surface area contributed by atoms with Crippen LogP contribution in [0.4, 0.5) is 0 Å². The van der Waals surface area contributed by atoms with E-state index in [1.807, 2.05) is 6.92 Å². The maximum Gasteiger partial charge on any atom is 0.269 e. The van der Waals surface area contributed by atoms with E-state index in [-0.39, 0.29) is 16.8 Å². The van der Waals surface area contributed by atoms with Crippen LogP contribution in [0.3, 0.4) is 0 Å². The van der Waals surface area contributed by atoms with Crippen molar-refractivity contribution in [1.29, 1.82) is 0 Å². The summed E-state index contributed by atoms with van der Waals surface area (Å²) in [5, 5.41) is 8.36. The van der Waals surface area contributed by atoms with Gasteiger partial charge in [0.05, 0.1) is 39.9 Å². The van der Waals surface area contributed by atoms with E-state index in [1.165, 1.54) is 4.68 Å². The number of ether oxygens (including phenoxy) is 1. The number of nitrogens with zero attached hydrogens (tertiary/aromatic N) is 3. The Morgan fingerprint density at radius 1 is 1.52 bits per heavy atom. The molecule has 1 amide bonds. The lowest BCUT2D eigenvalue weighted by atomic mass is 10.2. The first-order valence-electron chi connectivity index (χ1n) is 8.08.